The molecule has 0 fully saturated rings. The lowest BCUT2D eigenvalue weighted by Crippen LogP contribution is -1.91. The van der Waals surface area contributed by atoms with E-state index in [0.29, 0.717) is 0 Å². The molecule has 1 heterocycles. The maximum Gasteiger partial charge on any atom is 0.270 e. The minimum Gasteiger partial charge on any atom is -0.258 e. The molecule has 0 bridgehead atoms. The van der Waals surface area contributed by atoms with Gasteiger partial charge < -0.3 is 0 Å². The third-order valence-electron chi connectivity index (χ3n) is 3.09. The molecule has 0 radical (unpaired) electrons. The molecule has 4 heteroatoms. The van der Waals surface area contributed by atoms with Gasteiger partial charge in [0.1, 0.15) is 0 Å². The lowest BCUT2D eigenvalue weighted by Gasteiger charge is -2.06. The summed E-state index contributed by atoms with van der Waals surface area (Å²) in [7, 11) is 0. The van der Waals surface area contributed by atoms with Crippen molar-refractivity contribution in [3.63, 3.8) is 0 Å². The molecule has 2 aromatic carbocycles. The van der Waals surface area contributed by atoms with Gasteiger partial charge >= 0.3 is 0 Å². The lowest BCUT2D eigenvalue weighted by atomic mass is 10.0. The summed E-state index contributed by atoms with van der Waals surface area (Å²) in [5.41, 5.74) is 1.86. The molecule has 4 nitrogen and oxygen atoms in total. The highest BCUT2D eigenvalue weighted by Crippen LogP contribution is 2.29. The van der Waals surface area contributed by atoms with Gasteiger partial charge in [0.05, 0.1) is 10.4 Å². The Labute approximate surface area is 103 Å². The summed E-state index contributed by atoms with van der Waals surface area (Å²) in [5, 5.41) is 13.6. The Kier molecular flexibility index (Phi) is 2.23. The van der Waals surface area contributed by atoms with Crippen LogP contribution >= 0.6 is 0 Å². The van der Waals surface area contributed by atoms with Crippen LogP contribution in [0, 0.1) is 17.0 Å². The number of rotatable bonds is 1. The SMILES string of the molecule is Cc1nc2ccccc2c2cc([N+](=O)[O-])ccc12. The van der Waals surface area contributed by atoms with Gasteiger partial charge in [-0.1, -0.05) is 18.2 Å². The Morgan fingerprint density at radius 3 is 2.61 bits per heavy atom. The fourth-order valence-electron chi connectivity index (χ4n) is 2.22. The van der Waals surface area contributed by atoms with Gasteiger partial charge in [0, 0.05) is 28.6 Å². The third-order valence-corrected chi connectivity index (χ3v) is 3.09. The predicted molar refractivity (Wildman–Crippen MR) is 70.6 cm³/mol. The Morgan fingerprint density at radius 1 is 1.06 bits per heavy atom. The highest BCUT2D eigenvalue weighted by Gasteiger charge is 2.10. The van der Waals surface area contributed by atoms with Crippen molar-refractivity contribution >= 4 is 27.4 Å². The first-order valence-electron chi connectivity index (χ1n) is 5.60. The van der Waals surface area contributed by atoms with Crippen LogP contribution in [0.2, 0.25) is 0 Å². The molecule has 0 aliphatic carbocycles. The number of aromatic nitrogens is 1. The molecule has 3 aromatic rings. The topological polar surface area (TPSA) is 56.0 Å². The summed E-state index contributed by atoms with van der Waals surface area (Å²) in [6.45, 7) is 1.92. The molecule has 18 heavy (non-hydrogen) atoms. The summed E-state index contributed by atoms with van der Waals surface area (Å²) >= 11 is 0. The van der Waals surface area contributed by atoms with Crippen LogP contribution in [0.25, 0.3) is 21.7 Å². The molecule has 88 valence electrons. The Morgan fingerprint density at radius 2 is 1.83 bits per heavy atom. The van der Waals surface area contributed by atoms with Gasteiger partial charge in [0.15, 0.2) is 0 Å². The van der Waals surface area contributed by atoms with Crippen LogP contribution in [0.5, 0.6) is 0 Å². The molecule has 0 saturated heterocycles. The largest absolute Gasteiger partial charge is 0.270 e. The van der Waals surface area contributed by atoms with Crippen molar-refractivity contribution in [3.05, 3.63) is 58.3 Å². The number of pyridine rings is 1. The number of fused-ring (bicyclic) bond motifs is 3. The van der Waals surface area contributed by atoms with Crippen molar-refractivity contribution in [2.24, 2.45) is 0 Å². The van der Waals surface area contributed by atoms with Crippen molar-refractivity contribution in [2.45, 2.75) is 6.92 Å². The summed E-state index contributed by atoms with van der Waals surface area (Å²) in [6, 6.07) is 12.6. The molecule has 0 unspecified atom stereocenters. The number of nitro benzene ring substituents is 1. The third kappa shape index (κ3) is 1.50. The fourth-order valence-corrected chi connectivity index (χ4v) is 2.22. The minimum atomic E-state index is -0.371. The smallest absolute Gasteiger partial charge is 0.258 e. The van der Waals surface area contributed by atoms with E-state index in [1.165, 1.54) is 6.07 Å². The van der Waals surface area contributed by atoms with E-state index in [4.69, 9.17) is 0 Å². The predicted octanol–water partition coefficient (Wildman–Crippen LogP) is 3.60. The summed E-state index contributed by atoms with van der Waals surface area (Å²) in [5.74, 6) is 0. The highest BCUT2D eigenvalue weighted by atomic mass is 16.6. The molecule has 0 spiro atoms. The van der Waals surface area contributed by atoms with Crippen LogP contribution in [-0.4, -0.2) is 9.91 Å². The van der Waals surface area contributed by atoms with Gasteiger partial charge in [-0.2, -0.15) is 0 Å². The van der Waals surface area contributed by atoms with E-state index in [0.717, 1.165) is 27.4 Å². The van der Waals surface area contributed by atoms with Crippen molar-refractivity contribution in [3.8, 4) is 0 Å². The minimum absolute atomic E-state index is 0.109. The van der Waals surface area contributed by atoms with E-state index in [-0.39, 0.29) is 10.6 Å². The number of nitro groups is 1. The van der Waals surface area contributed by atoms with Crippen molar-refractivity contribution in [1.82, 2.24) is 4.98 Å². The molecule has 0 atom stereocenters. The summed E-state index contributed by atoms with van der Waals surface area (Å²) in [6.07, 6.45) is 0. The highest BCUT2D eigenvalue weighted by molar-refractivity contribution is 6.07. The molecule has 0 aliphatic heterocycles. The van der Waals surface area contributed by atoms with Crippen molar-refractivity contribution < 1.29 is 4.92 Å². The van der Waals surface area contributed by atoms with Gasteiger partial charge in [0.2, 0.25) is 0 Å². The number of aryl methyl sites for hydroxylation is 1. The average molecular weight is 238 g/mol. The molecular formula is C14H10N2O2. The molecular weight excluding hydrogens is 228 g/mol. The first-order chi connectivity index (χ1) is 8.66. The van der Waals surface area contributed by atoms with E-state index < -0.39 is 0 Å². The quantitative estimate of drug-likeness (QED) is 0.369. The number of hydrogen-bond donors (Lipinski definition) is 0. The number of hydrogen-bond acceptors (Lipinski definition) is 3. The van der Waals surface area contributed by atoms with Crippen LogP contribution in [0.15, 0.2) is 42.5 Å². The van der Waals surface area contributed by atoms with Crippen LogP contribution in [0.3, 0.4) is 0 Å². The van der Waals surface area contributed by atoms with Crippen LogP contribution in [0.1, 0.15) is 5.69 Å². The summed E-state index contributed by atoms with van der Waals surface area (Å²) < 4.78 is 0. The van der Waals surface area contributed by atoms with E-state index in [9.17, 15) is 10.1 Å². The Bertz CT molecular complexity index is 781. The molecule has 0 amide bonds. The van der Waals surface area contributed by atoms with E-state index in [2.05, 4.69) is 4.98 Å². The number of non-ortho nitro benzene ring substituents is 1. The average Bonchev–Trinajstić information content (AvgIpc) is 2.38. The van der Waals surface area contributed by atoms with Crippen LogP contribution < -0.4 is 0 Å². The first-order valence-corrected chi connectivity index (χ1v) is 5.60. The van der Waals surface area contributed by atoms with Crippen molar-refractivity contribution in [1.29, 1.82) is 0 Å². The number of para-hydroxylation sites is 1. The van der Waals surface area contributed by atoms with Gasteiger partial charge in [0.25, 0.3) is 5.69 Å². The summed E-state index contributed by atoms with van der Waals surface area (Å²) in [4.78, 5) is 15.0. The zero-order chi connectivity index (χ0) is 12.7. The fraction of sp³-hybridized carbons (Fsp3) is 0.0714. The monoisotopic (exact) mass is 238 g/mol. The van der Waals surface area contributed by atoms with Crippen molar-refractivity contribution in [2.75, 3.05) is 0 Å². The van der Waals surface area contributed by atoms with Crippen LogP contribution in [-0.2, 0) is 0 Å². The van der Waals surface area contributed by atoms with E-state index in [1.54, 1.807) is 12.1 Å². The zero-order valence-electron chi connectivity index (χ0n) is 9.75. The van der Waals surface area contributed by atoms with Gasteiger partial charge in [-0.3, -0.25) is 15.1 Å². The molecule has 0 saturated carbocycles. The van der Waals surface area contributed by atoms with Gasteiger partial charge in [-0.05, 0) is 24.4 Å². The van der Waals surface area contributed by atoms with E-state index >= 15 is 0 Å². The second-order valence-corrected chi connectivity index (χ2v) is 4.20. The first kappa shape index (κ1) is 10.7. The van der Waals surface area contributed by atoms with Crippen LogP contribution in [0.4, 0.5) is 5.69 Å². The Balaban J connectivity index is 2.51. The molecule has 1 aromatic heterocycles. The normalized spacial score (nSPS) is 10.9. The Hall–Kier alpha value is -2.49. The van der Waals surface area contributed by atoms with Gasteiger partial charge in [-0.15, -0.1) is 0 Å². The number of nitrogens with zero attached hydrogens (tertiary/aromatic N) is 2. The zero-order valence-corrected chi connectivity index (χ0v) is 9.75. The maximum atomic E-state index is 10.9. The second kappa shape index (κ2) is 3.77. The molecule has 3 rings (SSSR count). The number of benzene rings is 2. The standard InChI is InChI=1S/C14H10N2O2/c1-9-11-7-6-10(16(17)18)8-13(11)12-4-2-3-5-14(12)15-9/h2-8H,1H3. The van der Waals surface area contributed by atoms with E-state index in [1.807, 2.05) is 31.2 Å². The maximum absolute atomic E-state index is 10.9. The van der Waals surface area contributed by atoms with Gasteiger partial charge in [-0.25, -0.2) is 0 Å². The molecule has 0 N–H and O–H groups in total. The lowest BCUT2D eigenvalue weighted by molar-refractivity contribution is -0.384. The second-order valence-electron chi connectivity index (χ2n) is 4.20. The molecule has 0 aliphatic rings.